The molecule has 0 unspecified atom stereocenters. The molecule has 0 aromatic heterocycles. The summed E-state index contributed by atoms with van der Waals surface area (Å²) in [6, 6.07) is 8.51. The first-order valence-electron chi connectivity index (χ1n) is 6.13. The highest BCUT2D eigenvalue weighted by Crippen LogP contribution is 2.20. The molecule has 1 aliphatic carbocycles. The van der Waals surface area contributed by atoms with Gasteiger partial charge in [0.1, 0.15) is 0 Å². The first kappa shape index (κ1) is 10.3. The molecule has 2 N–H and O–H groups in total. The lowest BCUT2D eigenvalue weighted by Gasteiger charge is -2.17. The van der Waals surface area contributed by atoms with Gasteiger partial charge in [0.2, 0.25) is 5.96 Å². The highest BCUT2D eigenvalue weighted by molar-refractivity contribution is 6.03. The molecule has 1 aliphatic heterocycles. The summed E-state index contributed by atoms with van der Waals surface area (Å²) in [6.07, 6.45) is 3.38. The van der Waals surface area contributed by atoms with E-state index in [-0.39, 0.29) is 0 Å². The number of hydrogen-bond acceptors (Lipinski definition) is 4. The standard InChI is InChI=1S/C13H16N4/c1-2-6-11-10(4-1)5-3-7-12(11)16-17-13-14-8-9-15-13/h1-2,4,6H,3,5,7-9H2,(H2,14,15,17)/b16-12+. The molecular weight excluding hydrogens is 212 g/mol. The molecular formula is C13H16N4. The van der Waals surface area contributed by atoms with Gasteiger partial charge in [-0.25, -0.2) is 10.4 Å². The summed E-state index contributed by atoms with van der Waals surface area (Å²) >= 11 is 0. The molecule has 2 aliphatic rings. The Balaban J connectivity index is 1.82. The molecule has 0 radical (unpaired) electrons. The van der Waals surface area contributed by atoms with Crippen molar-refractivity contribution in [1.82, 2.24) is 10.7 Å². The molecule has 0 fully saturated rings. The Morgan fingerprint density at radius 1 is 1.24 bits per heavy atom. The number of aliphatic imine (C=N–C) groups is 1. The average Bonchev–Trinajstić information content (AvgIpc) is 2.89. The Morgan fingerprint density at radius 3 is 3.06 bits per heavy atom. The van der Waals surface area contributed by atoms with Crippen LogP contribution in [0.2, 0.25) is 0 Å². The number of aryl methyl sites for hydroxylation is 1. The molecule has 1 aromatic rings. The monoisotopic (exact) mass is 228 g/mol. The summed E-state index contributed by atoms with van der Waals surface area (Å²) in [5.41, 5.74) is 6.85. The third kappa shape index (κ3) is 2.16. The maximum atomic E-state index is 4.48. The largest absolute Gasteiger partial charge is 0.353 e. The van der Waals surface area contributed by atoms with E-state index < -0.39 is 0 Å². The van der Waals surface area contributed by atoms with E-state index in [4.69, 9.17) is 0 Å². The minimum Gasteiger partial charge on any atom is -0.353 e. The topological polar surface area (TPSA) is 48.8 Å². The van der Waals surface area contributed by atoms with Gasteiger partial charge in [0.25, 0.3) is 0 Å². The predicted molar refractivity (Wildman–Crippen MR) is 69.4 cm³/mol. The minimum absolute atomic E-state index is 0.792. The number of hydrogen-bond donors (Lipinski definition) is 2. The van der Waals surface area contributed by atoms with Crippen LogP contribution in [0.5, 0.6) is 0 Å². The van der Waals surface area contributed by atoms with Crippen LogP contribution in [0.3, 0.4) is 0 Å². The summed E-state index contributed by atoms with van der Waals surface area (Å²) in [7, 11) is 0. The highest BCUT2D eigenvalue weighted by atomic mass is 15.4. The molecule has 3 rings (SSSR count). The lowest BCUT2D eigenvalue weighted by atomic mass is 9.90. The Hall–Kier alpha value is -1.84. The van der Waals surface area contributed by atoms with E-state index in [1.807, 2.05) is 0 Å². The van der Waals surface area contributed by atoms with Crippen LogP contribution >= 0.6 is 0 Å². The normalized spacial score (nSPS) is 20.7. The third-order valence-corrected chi connectivity index (χ3v) is 3.16. The molecule has 17 heavy (non-hydrogen) atoms. The zero-order valence-corrected chi connectivity index (χ0v) is 9.74. The molecule has 0 atom stereocenters. The van der Waals surface area contributed by atoms with Crippen LogP contribution in [0.25, 0.3) is 0 Å². The zero-order chi connectivity index (χ0) is 11.5. The van der Waals surface area contributed by atoms with Crippen molar-refractivity contribution in [3.63, 3.8) is 0 Å². The first-order chi connectivity index (χ1) is 8.43. The van der Waals surface area contributed by atoms with E-state index in [2.05, 4.69) is 45.1 Å². The Labute approximate surface area is 101 Å². The summed E-state index contributed by atoms with van der Waals surface area (Å²) in [6.45, 7) is 1.74. The number of benzene rings is 1. The number of nitrogens with one attached hydrogen (secondary N) is 2. The minimum atomic E-state index is 0.792. The van der Waals surface area contributed by atoms with Crippen molar-refractivity contribution in [2.45, 2.75) is 19.3 Å². The van der Waals surface area contributed by atoms with E-state index in [9.17, 15) is 0 Å². The van der Waals surface area contributed by atoms with Crippen molar-refractivity contribution in [1.29, 1.82) is 0 Å². The van der Waals surface area contributed by atoms with Gasteiger partial charge in [0.05, 0.1) is 12.3 Å². The smallest absolute Gasteiger partial charge is 0.212 e. The van der Waals surface area contributed by atoms with Crippen molar-refractivity contribution in [3.05, 3.63) is 35.4 Å². The van der Waals surface area contributed by atoms with Crippen LogP contribution < -0.4 is 10.7 Å². The maximum Gasteiger partial charge on any atom is 0.212 e. The number of hydrazone groups is 1. The molecule has 0 saturated heterocycles. The van der Waals surface area contributed by atoms with Gasteiger partial charge in [-0.1, -0.05) is 24.3 Å². The summed E-state index contributed by atoms with van der Waals surface area (Å²) < 4.78 is 0. The molecule has 1 heterocycles. The van der Waals surface area contributed by atoms with E-state index in [1.165, 1.54) is 17.5 Å². The van der Waals surface area contributed by atoms with E-state index in [0.717, 1.165) is 37.6 Å². The van der Waals surface area contributed by atoms with Crippen molar-refractivity contribution in [3.8, 4) is 0 Å². The van der Waals surface area contributed by atoms with E-state index in [0.29, 0.717) is 0 Å². The molecule has 1 aromatic carbocycles. The summed E-state index contributed by atoms with van der Waals surface area (Å²) in [5, 5.41) is 7.63. The van der Waals surface area contributed by atoms with Crippen LogP contribution in [0.4, 0.5) is 0 Å². The van der Waals surface area contributed by atoms with Crippen LogP contribution in [-0.4, -0.2) is 24.8 Å². The SMILES string of the molecule is c1ccc2c(c1)CCC/C2=N\NC1=NCCN1. The average molecular weight is 228 g/mol. The van der Waals surface area contributed by atoms with Gasteiger partial charge >= 0.3 is 0 Å². The van der Waals surface area contributed by atoms with E-state index in [1.54, 1.807) is 0 Å². The van der Waals surface area contributed by atoms with Crippen LogP contribution in [0.15, 0.2) is 34.4 Å². The lowest BCUT2D eigenvalue weighted by Crippen LogP contribution is -2.31. The van der Waals surface area contributed by atoms with Gasteiger partial charge in [0, 0.05) is 12.1 Å². The summed E-state index contributed by atoms with van der Waals surface area (Å²) in [5.74, 6) is 0.792. The second-order valence-electron chi connectivity index (χ2n) is 4.34. The number of rotatable bonds is 1. The zero-order valence-electron chi connectivity index (χ0n) is 9.74. The first-order valence-corrected chi connectivity index (χ1v) is 6.13. The molecule has 0 spiro atoms. The van der Waals surface area contributed by atoms with Gasteiger partial charge in [-0.15, -0.1) is 0 Å². The van der Waals surface area contributed by atoms with Crippen molar-refractivity contribution < 1.29 is 0 Å². The van der Waals surface area contributed by atoms with Crippen molar-refractivity contribution in [2.75, 3.05) is 13.1 Å². The van der Waals surface area contributed by atoms with Crippen LogP contribution in [0.1, 0.15) is 24.0 Å². The Morgan fingerprint density at radius 2 is 2.18 bits per heavy atom. The molecule has 4 nitrogen and oxygen atoms in total. The Bertz CT molecular complexity index is 476. The predicted octanol–water partition coefficient (Wildman–Crippen LogP) is 1.28. The third-order valence-electron chi connectivity index (χ3n) is 3.16. The second-order valence-corrected chi connectivity index (χ2v) is 4.34. The van der Waals surface area contributed by atoms with Gasteiger partial charge in [0.15, 0.2) is 0 Å². The van der Waals surface area contributed by atoms with Gasteiger partial charge < -0.3 is 5.32 Å². The number of guanidine groups is 1. The second kappa shape index (κ2) is 4.57. The fourth-order valence-corrected chi connectivity index (χ4v) is 2.31. The van der Waals surface area contributed by atoms with Gasteiger partial charge in [-0.3, -0.25) is 0 Å². The van der Waals surface area contributed by atoms with Crippen LogP contribution in [0, 0.1) is 0 Å². The Kier molecular flexibility index (Phi) is 2.78. The number of fused-ring (bicyclic) bond motifs is 1. The van der Waals surface area contributed by atoms with E-state index >= 15 is 0 Å². The lowest BCUT2D eigenvalue weighted by molar-refractivity contribution is 0.824. The number of nitrogens with zero attached hydrogens (tertiary/aromatic N) is 2. The van der Waals surface area contributed by atoms with Crippen molar-refractivity contribution >= 4 is 11.7 Å². The fourth-order valence-electron chi connectivity index (χ4n) is 2.31. The highest BCUT2D eigenvalue weighted by Gasteiger charge is 2.15. The van der Waals surface area contributed by atoms with Gasteiger partial charge in [-0.2, -0.15) is 5.10 Å². The molecule has 4 heteroatoms. The van der Waals surface area contributed by atoms with Crippen LogP contribution in [-0.2, 0) is 6.42 Å². The van der Waals surface area contributed by atoms with Crippen molar-refractivity contribution in [2.24, 2.45) is 10.1 Å². The molecule has 88 valence electrons. The quantitative estimate of drug-likeness (QED) is 0.711. The summed E-state index contributed by atoms with van der Waals surface area (Å²) in [4.78, 5) is 4.26. The molecule has 0 bridgehead atoms. The molecule has 0 saturated carbocycles. The molecule has 0 amide bonds. The van der Waals surface area contributed by atoms with Gasteiger partial charge in [-0.05, 0) is 24.8 Å². The fraction of sp³-hybridized carbons (Fsp3) is 0.385. The maximum absolute atomic E-state index is 4.48.